The Kier molecular flexibility index (Phi) is 14.7. The number of hydrogen-bond acceptors (Lipinski definition) is 3. The summed E-state index contributed by atoms with van der Waals surface area (Å²) in [5.74, 6) is -0.789. The van der Waals surface area contributed by atoms with E-state index in [-0.39, 0.29) is 6.42 Å². The minimum atomic E-state index is -0.929. The van der Waals surface area contributed by atoms with Gasteiger partial charge in [-0.1, -0.05) is 79.8 Å². The Morgan fingerprint density at radius 1 is 1.00 bits per heavy atom. The van der Waals surface area contributed by atoms with Gasteiger partial charge in [0.2, 0.25) is 0 Å². The highest BCUT2D eigenvalue weighted by Gasteiger charge is 2.12. The molecule has 4 nitrogen and oxygen atoms in total. The van der Waals surface area contributed by atoms with Crippen molar-refractivity contribution < 1.29 is 20.1 Å². The Balaban J connectivity index is 4.10. The van der Waals surface area contributed by atoms with Gasteiger partial charge in [-0.15, -0.1) is 0 Å². The van der Waals surface area contributed by atoms with Crippen LogP contribution in [0.5, 0.6) is 0 Å². The molecule has 0 aliphatic rings. The van der Waals surface area contributed by atoms with Crippen LogP contribution in [-0.4, -0.2) is 33.0 Å². The third-order valence-electron chi connectivity index (χ3n) is 3.56. The van der Waals surface area contributed by atoms with E-state index in [1.165, 1.54) is 0 Å². The summed E-state index contributed by atoms with van der Waals surface area (Å²) in [5, 5.41) is 28.5. The van der Waals surface area contributed by atoms with E-state index in [1.54, 1.807) is 31.2 Å². The van der Waals surface area contributed by atoms with Crippen LogP contribution >= 0.6 is 0 Å². The highest BCUT2D eigenvalue weighted by Crippen LogP contribution is 2.12. The van der Waals surface area contributed by atoms with Gasteiger partial charge in [0.1, 0.15) is 0 Å². The molecule has 0 unspecified atom stereocenters. The molecule has 0 fully saturated rings. The molecule has 0 heterocycles. The maximum atomic E-state index is 10.4. The van der Waals surface area contributed by atoms with Gasteiger partial charge in [0.25, 0.3) is 0 Å². The summed E-state index contributed by atoms with van der Waals surface area (Å²) in [6.07, 6.45) is 25.3. The SMILES string of the molecule is CC/C=C\C[C@H](O)\C=C/C=C/C=C/[C@@](C)(O)C/C=C\C/C=C\CCC(=O)O. The van der Waals surface area contributed by atoms with Crippen molar-refractivity contribution >= 4 is 5.97 Å². The van der Waals surface area contributed by atoms with E-state index in [9.17, 15) is 15.0 Å². The lowest BCUT2D eigenvalue weighted by Gasteiger charge is -2.15. The van der Waals surface area contributed by atoms with Gasteiger partial charge >= 0.3 is 5.97 Å². The highest BCUT2D eigenvalue weighted by molar-refractivity contribution is 5.66. The van der Waals surface area contributed by atoms with Crippen LogP contribution in [0.25, 0.3) is 0 Å². The Bertz CT molecular complexity index is 563. The number of aliphatic hydroxyl groups is 2. The number of hydrogen-bond donors (Lipinski definition) is 3. The van der Waals surface area contributed by atoms with Crippen molar-refractivity contribution in [2.24, 2.45) is 0 Å². The maximum Gasteiger partial charge on any atom is 0.303 e. The molecule has 0 saturated carbocycles. The summed E-state index contributed by atoms with van der Waals surface area (Å²) in [6, 6.07) is 0. The Morgan fingerprint density at radius 3 is 2.41 bits per heavy atom. The molecular weight excluding hydrogens is 340 g/mol. The van der Waals surface area contributed by atoms with Crippen molar-refractivity contribution in [3.63, 3.8) is 0 Å². The number of carboxylic acids is 1. The molecule has 0 saturated heterocycles. The second kappa shape index (κ2) is 16.0. The van der Waals surface area contributed by atoms with Crippen molar-refractivity contribution in [1.82, 2.24) is 0 Å². The summed E-state index contributed by atoms with van der Waals surface area (Å²) in [5.41, 5.74) is -0.929. The molecule has 0 aromatic carbocycles. The molecule has 0 aromatic heterocycles. The standard InChI is InChI=1S/C23H34O4/c1-3-4-11-16-21(24)17-12-8-10-15-20-23(2,27)19-14-9-6-5-7-13-18-22(25)26/h4-5,7-12,14-15,17,20-21,24,27H,3,6,13,16,18-19H2,1-2H3,(H,25,26)/b7-5-,10-8+,11-4-,14-9-,17-12-,20-15+/t21-,23-/m0/s1. The van der Waals surface area contributed by atoms with Crippen LogP contribution in [0.1, 0.15) is 52.4 Å². The molecule has 4 heteroatoms. The molecule has 0 radical (unpaired) electrons. The van der Waals surface area contributed by atoms with Crippen molar-refractivity contribution in [1.29, 1.82) is 0 Å². The molecular formula is C23H34O4. The van der Waals surface area contributed by atoms with Crippen LogP contribution in [-0.2, 0) is 4.79 Å². The first-order valence-electron chi connectivity index (χ1n) is 9.47. The number of carboxylic acid groups (broad SMARTS) is 1. The molecule has 0 rings (SSSR count). The van der Waals surface area contributed by atoms with Crippen LogP contribution in [0.2, 0.25) is 0 Å². The van der Waals surface area contributed by atoms with Crippen LogP contribution in [0, 0.1) is 0 Å². The summed E-state index contributed by atoms with van der Waals surface area (Å²) in [6.45, 7) is 3.80. The van der Waals surface area contributed by atoms with E-state index in [0.717, 1.165) is 12.8 Å². The van der Waals surface area contributed by atoms with E-state index >= 15 is 0 Å². The lowest BCUT2D eigenvalue weighted by Crippen LogP contribution is -2.18. The number of rotatable bonds is 14. The number of aliphatic hydroxyl groups excluding tert-OH is 1. The molecule has 0 spiro atoms. The fourth-order valence-corrected chi connectivity index (χ4v) is 2.05. The summed E-state index contributed by atoms with van der Waals surface area (Å²) >= 11 is 0. The fraction of sp³-hybridized carbons (Fsp3) is 0.435. The topological polar surface area (TPSA) is 77.8 Å². The van der Waals surface area contributed by atoms with Crippen molar-refractivity contribution in [3.05, 3.63) is 72.9 Å². The quantitative estimate of drug-likeness (QED) is 0.299. The molecule has 0 bridgehead atoms. The fourth-order valence-electron chi connectivity index (χ4n) is 2.05. The zero-order valence-corrected chi connectivity index (χ0v) is 16.5. The lowest BCUT2D eigenvalue weighted by molar-refractivity contribution is -0.136. The minimum Gasteiger partial charge on any atom is -0.481 e. The largest absolute Gasteiger partial charge is 0.481 e. The Labute approximate surface area is 163 Å². The van der Waals surface area contributed by atoms with Gasteiger partial charge in [-0.3, -0.25) is 4.79 Å². The van der Waals surface area contributed by atoms with Gasteiger partial charge in [-0.2, -0.15) is 0 Å². The number of aliphatic carboxylic acids is 1. The van der Waals surface area contributed by atoms with Crippen molar-refractivity contribution in [2.75, 3.05) is 0 Å². The number of carbonyl (C=O) groups is 1. The normalized spacial score (nSPS) is 16.6. The first-order valence-corrected chi connectivity index (χ1v) is 9.47. The summed E-state index contributed by atoms with van der Waals surface area (Å²) < 4.78 is 0. The summed E-state index contributed by atoms with van der Waals surface area (Å²) in [4.78, 5) is 10.4. The average Bonchev–Trinajstić information content (AvgIpc) is 2.60. The molecule has 0 aromatic rings. The molecule has 0 aliphatic heterocycles. The zero-order chi connectivity index (χ0) is 20.4. The first kappa shape index (κ1) is 24.8. The molecule has 2 atom stereocenters. The molecule has 27 heavy (non-hydrogen) atoms. The Morgan fingerprint density at radius 2 is 1.70 bits per heavy atom. The Hall–Kier alpha value is -2.17. The van der Waals surface area contributed by atoms with Gasteiger partial charge in [0.15, 0.2) is 0 Å². The van der Waals surface area contributed by atoms with Gasteiger partial charge in [0, 0.05) is 6.42 Å². The minimum absolute atomic E-state index is 0.150. The second-order valence-electron chi connectivity index (χ2n) is 6.48. The monoisotopic (exact) mass is 374 g/mol. The van der Waals surface area contributed by atoms with Crippen LogP contribution in [0.15, 0.2) is 72.9 Å². The van der Waals surface area contributed by atoms with Crippen LogP contribution in [0.3, 0.4) is 0 Å². The molecule has 0 aliphatic carbocycles. The number of allylic oxidation sites excluding steroid dienone is 8. The molecule has 150 valence electrons. The maximum absolute atomic E-state index is 10.4. The smallest absolute Gasteiger partial charge is 0.303 e. The average molecular weight is 375 g/mol. The van der Waals surface area contributed by atoms with E-state index in [4.69, 9.17) is 5.11 Å². The second-order valence-corrected chi connectivity index (χ2v) is 6.48. The zero-order valence-electron chi connectivity index (χ0n) is 16.5. The summed E-state index contributed by atoms with van der Waals surface area (Å²) in [7, 11) is 0. The van der Waals surface area contributed by atoms with E-state index in [1.807, 2.05) is 48.6 Å². The third-order valence-corrected chi connectivity index (χ3v) is 3.56. The lowest BCUT2D eigenvalue weighted by atomic mass is 10.0. The molecule has 3 N–H and O–H groups in total. The van der Waals surface area contributed by atoms with Crippen LogP contribution in [0.4, 0.5) is 0 Å². The predicted molar refractivity (Wildman–Crippen MR) is 112 cm³/mol. The first-order chi connectivity index (χ1) is 12.9. The van der Waals surface area contributed by atoms with E-state index in [2.05, 4.69) is 6.92 Å². The molecule has 0 amide bonds. The van der Waals surface area contributed by atoms with Crippen molar-refractivity contribution in [2.45, 2.75) is 64.1 Å². The van der Waals surface area contributed by atoms with Gasteiger partial charge in [-0.05, 0) is 39.0 Å². The third kappa shape index (κ3) is 18.4. The van der Waals surface area contributed by atoms with E-state index < -0.39 is 17.7 Å². The predicted octanol–water partition coefficient (Wildman–Crippen LogP) is 4.88. The van der Waals surface area contributed by atoms with Gasteiger partial charge < -0.3 is 15.3 Å². The van der Waals surface area contributed by atoms with Gasteiger partial charge in [0.05, 0.1) is 11.7 Å². The van der Waals surface area contributed by atoms with Crippen molar-refractivity contribution in [3.8, 4) is 0 Å². The van der Waals surface area contributed by atoms with Crippen LogP contribution < -0.4 is 0 Å². The van der Waals surface area contributed by atoms with Gasteiger partial charge in [-0.25, -0.2) is 0 Å². The van der Waals surface area contributed by atoms with E-state index in [0.29, 0.717) is 19.3 Å². The highest BCUT2D eigenvalue weighted by atomic mass is 16.4.